The summed E-state index contributed by atoms with van der Waals surface area (Å²) in [6.07, 6.45) is 1.82. The van der Waals surface area contributed by atoms with Gasteiger partial charge in [-0.3, -0.25) is 14.4 Å². The number of aromatic hydroxyl groups is 1. The lowest BCUT2D eigenvalue weighted by molar-refractivity contribution is 0.0664. The second-order valence-electron chi connectivity index (χ2n) is 8.79. The summed E-state index contributed by atoms with van der Waals surface area (Å²) in [6, 6.07) is 2.83. The average molecular weight is 493 g/mol. The summed E-state index contributed by atoms with van der Waals surface area (Å²) in [5.41, 5.74) is -1.66. The molecule has 1 aliphatic carbocycles. The number of carbonyl (C=O) groups is 2. The molecule has 8 nitrogen and oxygen atoms in total. The fraction of sp³-hybridized carbons (Fsp3) is 0.458. The Morgan fingerprint density at radius 1 is 1.35 bits per heavy atom. The zero-order valence-electron chi connectivity index (χ0n) is 19.2. The minimum absolute atomic E-state index is 0.0215. The molecule has 1 fully saturated rings. The molecule has 2 aliphatic rings. The Morgan fingerprint density at radius 3 is 2.76 bits per heavy atom. The number of likely N-dealkylation sites (N-methyl/N-ethyl adjacent to an activating group) is 1. The van der Waals surface area contributed by atoms with Crippen molar-refractivity contribution in [1.82, 2.24) is 9.47 Å². The number of benzene rings is 1. The largest absolute Gasteiger partial charge is 0.503 e. The van der Waals surface area contributed by atoms with Gasteiger partial charge in [0.2, 0.25) is 5.43 Å². The molecule has 2 heterocycles. The van der Waals surface area contributed by atoms with E-state index in [1.165, 1.54) is 23.2 Å². The van der Waals surface area contributed by atoms with E-state index in [9.17, 15) is 23.9 Å². The van der Waals surface area contributed by atoms with E-state index in [1.54, 1.807) is 25.6 Å². The van der Waals surface area contributed by atoms with Crippen LogP contribution in [0.15, 0.2) is 23.1 Å². The first-order valence-electron chi connectivity index (χ1n) is 11.0. The second kappa shape index (κ2) is 9.03. The van der Waals surface area contributed by atoms with Gasteiger partial charge in [-0.05, 0) is 31.4 Å². The monoisotopic (exact) mass is 492 g/mol. The summed E-state index contributed by atoms with van der Waals surface area (Å²) in [6.45, 7) is 2.96. The molecular formula is C24H26ClFN2O6. The van der Waals surface area contributed by atoms with E-state index in [0.717, 1.165) is 0 Å². The highest BCUT2D eigenvalue weighted by Gasteiger charge is 2.60. The summed E-state index contributed by atoms with van der Waals surface area (Å²) in [4.78, 5) is 40.1. The van der Waals surface area contributed by atoms with Crippen LogP contribution >= 0.6 is 11.6 Å². The maximum atomic E-state index is 14.5. The molecule has 1 aromatic heterocycles. The lowest BCUT2D eigenvalue weighted by Crippen LogP contribution is -2.48. The van der Waals surface area contributed by atoms with Crippen LogP contribution < -0.4 is 10.2 Å². The molecule has 1 spiro atoms. The quantitative estimate of drug-likeness (QED) is 0.569. The van der Waals surface area contributed by atoms with Crippen LogP contribution in [-0.4, -0.2) is 60.2 Å². The number of rotatable bonds is 8. The fourth-order valence-corrected chi connectivity index (χ4v) is 5.03. The molecule has 1 N–H and O–H groups in total. The number of amides is 1. The zero-order chi connectivity index (χ0) is 24.8. The molecule has 1 saturated carbocycles. The number of aryl methyl sites for hydroxylation is 1. The number of Topliss-reactive ketones (excluding diaryl/α,β-unsaturated/α-hetero) is 1. The zero-order valence-corrected chi connectivity index (χ0v) is 19.9. The highest BCUT2D eigenvalue weighted by atomic mass is 35.5. The van der Waals surface area contributed by atoms with Crippen LogP contribution in [0.3, 0.4) is 0 Å². The lowest BCUT2D eigenvalue weighted by Gasteiger charge is -2.35. The van der Waals surface area contributed by atoms with Crippen molar-refractivity contribution in [1.29, 1.82) is 0 Å². The molecule has 34 heavy (non-hydrogen) atoms. The molecule has 1 aliphatic heterocycles. The highest BCUT2D eigenvalue weighted by Crippen LogP contribution is 2.53. The second-order valence-corrected chi connectivity index (χ2v) is 9.20. The molecule has 0 bridgehead atoms. The van der Waals surface area contributed by atoms with Gasteiger partial charge < -0.3 is 24.0 Å². The third-order valence-corrected chi connectivity index (χ3v) is 6.88. The van der Waals surface area contributed by atoms with Crippen molar-refractivity contribution in [2.45, 2.75) is 31.7 Å². The summed E-state index contributed by atoms with van der Waals surface area (Å²) >= 11 is 5.94. The summed E-state index contributed by atoms with van der Waals surface area (Å²) in [5.74, 6) is -2.03. The van der Waals surface area contributed by atoms with E-state index in [1.807, 2.05) is 0 Å². The van der Waals surface area contributed by atoms with Crippen LogP contribution in [0, 0.1) is 11.7 Å². The van der Waals surface area contributed by atoms with Crippen molar-refractivity contribution in [3.63, 3.8) is 0 Å². The number of methoxy groups -OCH3 is 1. The maximum Gasteiger partial charge on any atom is 0.274 e. The topological polar surface area (TPSA) is 98.1 Å². The minimum atomic E-state index is -0.916. The number of halogens is 2. The molecule has 0 radical (unpaired) electrons. The number of hydrogen-bond donors (Lipinski definition) is 1. The van der Waals surface area contributed by atoms with Gasteiger partial charge in [-0.15, -0.1) is 0 Å². The molecular weight excluding hydrogens is 467 g/mol. The number of pyridine rings is 1. The summed E-state index contributed by atoms with van der Waals surface area (Å²) in [7, 11) is 3.18. The maximum absolute atomic E-state index is 14.5. The minimum Gasteiger partial charge on any atom is -0.503 e. The van der Waals surface area contributed by atoms with Crippen LogP contribution in [0.1, 0.15) is 46.2 Å². The number of fused-ring (bicyclic) bond motifs is 2. The Hall–Kier alpha value is -2.91. The number of hydrogen-bond acceptors (Lipinski definition) is 6. The van der Waals surface area contributed by atoms with Crippen LogP contribution in [0.5, 0.6) is 11.5 Å². The van der Waals surface area contributed by atoms with E-state index in [-0.39, 0.29) is 40.6 Å². The van der Waals surface area contributed by atoms with Gasteiger partial charge >= 0.3 is 0 Å². The van der Waals surface area contributed by atoms with Gasteiger partial charge in [0.25, 0.3) is 5.91 Å². The Morgan fingerprint density at radius 2 is 2.09 bits per heavy atom. The van der Waals surface area contributed by atoms with Crippen LogP contribution in [-0.2, 0) is 16.7 Å². The number of ketones is 1. The van der Waals surface area contributed by atoms with E-state index >= 15 is 0 Å². The molecule has 1 amide bonds. The summed E-state index contributed by atoms with van der Waals surface area (Å²) < 4.78 is 26.7. The first-order chi connectivity index (χ1) is 16.1. The Bertz CT molecular complexity index is 1230. The van der Waals surface area contributed by atoms with Crippen LogP contribution in [0.4, 0.5) is 4.39 Å². The number of aromatic nitrogens is 1. The van der Waals surface area contributed by atoms with Gasteiger partial charge in [-0.2, -0.15) is 0 Å². The van der Waals surface area contributed by atoms with Crippen molar-refractivity contribution in [3.05, 3.63) is 56.2 Å². The van der Waals surface area contributed by atoms with Gasteiger partial charge in [0.05, 0.1) is 29.3 Å². The third kappa shape index (κ3) is 3.96. The number of carbonyl (C=O) groups excluding carboxylic acids is 2. The van der Waals surface area contributed by atoms with Gasteiger partial charge in [0.1, 0.15) is 11.6 Å². The SMILES string of the molecule is CCOc1cc(Cl)c(F)c(CCC(=O)c2cn3c(c(O)c2=O)C(=O)N(C)CC32CC2COC)c1. The molecule has 10 heteroatoms. The fourth-order valence-electron chi connectivity index (χ4n) is 4.80. The molecule has 2 unspecified atom stereocenters. The molecule has 1 aromatic carbocycles. The third-order valence-electron chi connectivity index (χ3n) is 6.60. The first-order valence-corrected chi connectivity index (χ1v) is 11.4. The van der Waals surface area contributed by atoms with Crippen LogP contribution in [0.25, 0.3) is 0 Å². The van der Waals surface area contributed by atoms with Gasteiger partial charge in [-0.1, -0.05) is 11.6 Å². The normalized spacial score (nSPS) is 21.0. The van der Waals surface area contributed by atoms with E-state index in [2.05, 4.69) is 0 Å². The van der Waals surface area contributed by atoms with E-state index < -0.39 is 34.2 Å². The predicted molar refractivity (Wildman–Crippen MR) is 123 cm³/mol. The molecule has 2 aromatic rings. The molecule has 0 saturated heterocycles. The Labute approximate surface area is 200 Å². The predicted octanol–water partition coefficient (Wildman–Crippen LogP) is 3.01. The molecule has 4 rings (SSSR count). The molecule has 2 atom stereocenters. The van der Waals surface area contributed by atoms with E-state index in [4.69, 9.17) is 21.1 Å². The lowest BCUT2D eigenvalue weighted by atomic mass is 10.00. The number of nitrogens with zero attached hydrogens (tertiary/aromatic N) is 2. The first kappa shape index (κ1) is 24.2. The van der Waals surface area contributed by atoms with Gasteiger partial charge in [-0.25, -0.2) is 4.39 Å². The van der Waals surface area contributed by atoms with Crippen molar-refractivity contribution < 1.29 is 28.6 Å². The van der Waals surface area contributed by atoms with Crippen molar-refractivity contribution >= 4 is 23.3 Å². The van der Waals surface area contributed by atoms with Crippen molar-refractivity contribution in [2.75, 3.05) is 33.9 Å². The smallest absolute Gasteiger partial charge is 0.274 e. The average Bonchev–Trinajstić information content (AvgIpc) is 3.47. The Kier molecular flexibility index (Phi) is 6.44. The van der Waals surface area contributed by atoms with Gasteiger partial charge in [0.15, 0.2) is 17.2 Å². The van der Waals surface area contributed by atoms with Crippen molar-refractivity contribution in [2.24, 2.45) is 5.92 Å². The molecule has 182 valence electrons. The standard InChI is InChI=1S/C24H26ClFN2O6/c1-4-34-15-7-13(19(26)17(25)8-15)5-6-18(29)16-10-28-20(22(31)21(16)30)23(32)27(2)12-24(28)9-14(24)11-33-3/h7-8,10,14,31H,4-6,9,11-12H2,1-3H3. The van der Waals surface area contributed by atoms with Crippen molar-refractivity contribution in [3.8, 4) is 11.5 Å². The van der Waals surface area contributed by atoms with Crippen LogP contribution in [0.2, 0.25) is 5.02 Å². The van der Waals surface area contributed by atoms with Gasteiger partial charge in [0, 0.05) is 45.3 Å². The summed E-state index contributed by atoms with van der Waals surface area (Å²) in [5, 5.41) is 10.5. The highest BCUT2D eigenvalue weighted by molar-refractivity contribution is 6.31. The Balaban J connectivity index is 1.67. The number of ether oxygens (including phenoxy) is 2. The van der Waals surface area contributed by atoms with E-state index in [0.29, 0.717) is 31.9 Å².